The number of hydrogen-bond donors (Lipinski definition) is 2. The van der Waals surface area contributed by atoms with Crippen LogP contribution in [0.15, 0.2) is 47.4 Å². The molecule has 1 fully saturated rings. The van der Waals surface area contributed by atoms with E-state index in [9.17, 15) is 27.5 Å². The molecular weight excluding hydrogens is 549 g/mol. The third-order valence-corrected chi connectivity index (χ3v) is 9.96. The minimum Gasteiger partial charge on any atom is -0.488 e. The van der Waals surface area contributed by atoms with Crippen molar-refractivity contribution in [2.24, 2.45) is 11.8 Å². The van der Waals surface area contributed by atoms with Gasteiger partial charge in [0, 0.05) is 36.7 Å². The quantitative estimate of drug-likeness (QED) is 0.484. The van der Waals surface area contributed by atoms with Gasteiger partial charge in [0.15, 0.2) is 0 Å². The second-order valence-corrected chi connectivity index (χ2v) is 13.3. The Morgan fingerprint density at radius 2 is 1.85 bits per heavy atom. The lowest BCUT2D eigenvalue weighted by Gasteiger charge is -2.33. The Labute approximate surface area is 241 Å². The maximum absolute atomic E-state index is 13.4. The number of sulfonamides is 1. The number of nitrogens with one attached hydrogen (secondary N) is 1. The van der Waals surface area contributed by atoms with Crippen LogP contribution in [-0.4, -0.2) is 73.4 Å². The minimum absolute atomic E-state index is 0.00400. The van der Waals surface area contributed by atoms with Crippen LogP contribution in [0.4, 0.5) is 10.1 Å². The summed E-state index contributed by atoms with van der Waals surface area (Å²) in [6.45, 7) is 3.61. The number of ether oxygens (including phenoxy) is 1. The number of benzene rings is 2. The molecule has 4 rings (SSSR count). The van der Waals surface area contributed by atoms with Crippen LogP contribution in [0.1, 0.15) is 51.5 Å². The van der Waals surface area contributed by atoms with Crippen molar-refractivity contribution in [2.45, 2.75) is 69.4 Å². The zero-order chi connectivity index (χ0) is 29.7. The molecule has 2 N–H and O–H groups in total. The van der Waals surface area contributed by atoms with E-state index in [4.69, 9.17) is 4.74 Å². The smallest absolute Gasteiger partial charge is 0.242 e. The number of rotatable bonds is 8. The molecule has 41 heavy (non-hydrogen) atoms. The Balaban J connectivity index is 1.62. The molecule has 11 heteroatoms. The molecule has 0 unspecified atom stereocenters. The van der Waals surface area contributed by atoms with Gasteiger partial charge in [-0.1, -0.05) is 26.2 Å². The minimum atomic E-state index is -3.94. The van der Waals surface area contributed by atoms with Crippen molar-refractivity contribution in [2.75, 3.05) is 32.1 Å². The summed E-state index contributed by atoms with van der Waals surface area (Å²) in [6.07, 6.45) is 4.28. The molecule has 2 aliphatic rings. The molecule has 9 nitrogen and oxygen atoms in total. The highest BCUT2D eigenvalue weighted by atomic mass is 32.2. The average Bonchev–Trinajstić information content (AvgIpc) is 3.00. The third-order valence-electron chi connectivity index (χ3n) is 8.12. The fraction of sp³-hybridized carbons (Fsp3) is 0.533. The number of likely N-dealkylation sites (N-methyl/N-ethyl adjacent to an activating group) is 1. The SMILES string of the molecule is C[C@@H]1CN([C@@H](C)CO)C(=O)Cc2cc(NC(=O)C3CCCCC3)ccc2O[C@H]1CN(C)S(=O)(=O)c1ccc(F)cc1. The molecular formula is C30H40FN3O6S. The van der Waals surface area contributed by atoms with Crippen molar-refractivity contribution in [1.29, 1.82) is 0 Å². The van der Waals surface area contributed by atoms with Crippen LogP contribution in [0.2, 0.25) is 0 Å². The van der Waals surface area contributed by atoms with Crippen molar-refractivity contribution >= 4 is 27.5 Å². The van der Waals surface area contributed by atoms with E-state index >= 15 is 0 Å². The van der Waals surface area contributed by atoms with Crippen molar-refractivity contribution in [3.63, 3.8) is 0 Å². The first kappa shape index (κ1) is 30.9. The predicted octanol–water partition coefficient (Wildman–Crippen LogP) is 3.81. The van der Waals surface area contributed by atoms with Gasteiger partial charge in [0.05, 0.1) is 30.5 Å². The van der Waals surface area contributed by atoms with Crippen LogP contribution in [0, 0.1) is 17.7 Å². The highest BCUT2D eigenvalue weighted by Crippen LogP contribution is 2.31. The first-order chi connectivity index (χ1) is 19.5. The summed E-state index contributed by atoms with van der Waals surface area (Å²) in [4.78, 5) is 27.9. The molecule has 1 aliphatic carbocycles. The molecule has 2 aromatic rings. The molecule has 0 spiro atoms. The Hall–Kier alpha value is -3.02. The van der Waals surface area contributed by atoms with Crippen LogP contribution >= 0.6 is 0 Å². The van der Waals surface area contributed by atoms with Crippen LogP contribution < -0.4 is 10.1 Å². The highest BCUT2D eigenvalue weighted by Gasteiger charge is 2.33. The summed E-state index contributed by atoms with van der Waals surface area (Å²) in [6, 6.07) is 9.35. The summed E-state index contributed by atoms with van der Waals surface area (Å²) in [5.41, 5.74) is 1.13. The molecule has 1 heterocycles. The monoisotopic (exact) mass is 589 g/mol. The number of halogens is 1. The van der Waals surface area contributed by atoms with Gasteiger partial charge in [0.25, 0.3) is 0 Å². The lowest BCUT2D eigenvalue weighted by molar-refractivity contribution is -0.134. The second kappa shape index (κ2) is 13.3. The first-order valence-electron chi connectivity index (χ1n) is 14.2. The zero-order valence-corrected chi connectivity index (χ0v) is 24.7. The molecule has 1 aliphatic heterocycles. The molecule has 1 saturated carbocycles. The van der Waals surface area contributed by atoms with Gasteiger partial charge in [0.2, 0.25) is 21.8 Å². The number of carbonyl (C=O) groups excluding carboxylic acids is 2. The fourth-order valence-corrected chi connectivity index (χ4v) is 6.66. The summed E-state index contributed by atoms with van der Waals surface area (Å²) >= 11 is 0. The predicted molar refractivity (Wildman–Crippen MR) is 153 cm³/mol. The van der Waals surface area contributed by atoms with Crippen LogP contribution in [0.3, 0.4) is 0 Å². The molecule has 2 aromatic carbocycles. The van der Waals surface area contributed by atoms with Crippen molar-refractivity contribution in [3.05, 3.63) is 53.8 Å². The maximum atomic E-state index is 13.4. The van der Waals surface area contributed by atoms with Crippen molar-refractivity contribution < 1.29 is 32.2 Å². The van der Waals surface area contributed by atoms with Crippen LogP contribution in [0.5, 0.6) is 5.75 Å². The average molecular weight is 590 g/mol. The number of hydrogen-bond acceptors (Lipinski definition) is 6. The Kier molecular flexibility index (Phi) is 10.0. The maximum Gasteiger partial charge on any atom is 0.242 e. The lowest BCUT2D eigenvalue weighted by atomic mass is 9.88. The van der Waals surface area contributed by atoms with Crippen molar-refractivity contribution in [3.8, 4) is 5.75 Å². The van der Waals surface area contributed by atoms with Gasteiger partial charge in [-0.25, -0.2) is 12.8 Å². The molecule has 0 radical (unpaired) electrons. The highest BCUT2D eigenvalue weighted by molar-refractivity contribution is 7.89. The van der Waals surface area contributed by atoms with E-state index in [1.54, 1.807) is 30.0 Å². The van der Waals surface area contributed by atoms with E-state index in [2.05, 4.69) is 5.32 Å². The van der Waals surface area contributed by atoms with Gasteiger partial charge >= 0.3 is 0 Å². The molecule has 224 valence electrons. The Morgan fingerprint density at radius 3 is 2.51 bits per heavy atom. The van der Waals surface area contributed by atoms with E-state index < -0.39 is 28.0 Å². The van der Waals surface area contributed by atoms with Crippen molar-refractivity contribution in [1.82, 2.24) is 9.21 Å². The second-order valence-electron chi connectivity index (χ2n) is 11.3. The number of amides is 2. The van der Waals surface area contributed by atoms with E-state index in [0.29, 0.717) is 17.0 Å². The van der Waals surface area contributed by atoms with Gasteiger partial charge in [-0.2, -0.15) is 4.31 Å². The van der Waals surface area contributed by atoms with Gasteiger partial charge in [-0.15, -0.1) is 0 Å². The standard InChI is InChI=1S/C30H40FN3O6S/c1-20-17-34(21(2)19-35)29(36)16-23-15-25(32-30(37)22-7-5-4-6-8-22)11-14-27(23)40-28(20)18-33(3)41(38,39)26-12-9-24(31)10-13-26/h9-15,20-22,28,35H,4-8,16-19H2,1-3H3,(H,32,37)/t20-,21+,28+/m1/s1. The Bertz CT molecular complexity index is 1330. The zero-order valence-electron chi connectivity index (χ0n) is 23.9. The molecule has 0 bridgehead atoms. The normalized spacial score (nSPS) is 21.3. The van der Waals surface area contributed by atoms with Gasteiger partial charge in [0.1, 0.15) is 17.7 Å². The summed E-state index contributed by atoms with van der Waals surface area (Å²) < 4.78 is 47.5. The number of aliphatic hydroxyl groups is 1. The largest absolute Gasteiger partial charge is 0.488 e. The fourth-order valence-electron chi connectivity index (χ4n) is 5.47. The number of anilines is 1. The first-order valence-corrected chi connectivity index (χ1v) is 15.7. The lowest BCUT2D eigenvalue weighted by Crippen LogP contribution is -2.48. The summed E-state index contributed by atoms with van der Waals surface area (Å²) in [5, 5.41) is 12.9. The van der Waals surface area contributed by atoms with Gasteiger partial charge < -0.3 is 20.1 Å². The number of aliphatic hydroxyl groups excluding tert-OH is 1. The molecule has 0 saturated heterocycles. The summed E-state index contributed by atoms with van der Waals surface area (Å²) in [7, 11) is -2.51. The molecule has 0 aromatic heterocycles. The molecule has 2 amide bonds. The Morgan fingerprint density at radius 1 is 1.17 bits per heavy atom. The van der Waals surface area contributed by atoms with Gasteiger partial charge in [-0.05, 0) is 62.2 Å². The van der Waals surface area contributed by atoms with E-state index in [-0.39, 0.29) is 54.7 Å². The van der Waals surface area contributed by atoms with E-state index in [1.165, 1.54) is 23.5 Å². The third kappa shape index (κ3) is 7.44. The number of carbonyl (C=O) groups is 2. The van der Waals surface area contributed by atoms with Gasteiger partial charge in [-0.3, -0.25) is 9.59 Å². The van der Waals surface area contributed by atoms with E-state index in [0.717, 1.165) is 44.2 Å². The van der Waals surface area contributed by atoms with Crippen LogP contribution in [0.25, 0.3) is 0 Å². The van der Waals surface area contributed by atoms with Crippen LogP contribution in [-0.2, 0) is 26.0 Å². The number of nitrogens with zero attached hydrogens (tertiary/aromatic N) is 2. The van der Waals surface area contributed by atoms with E-state index in [1.807, 2.05) is 6.92 Å². The number of fused-ring (bicyclic) bond motifs is 1. The summed E-state index contributed by atoms with van der Waals surface area (Å²) in [5.74, 6) is -0.681. The topological polar surface area (TPSA) is 116 Å². The molecule has 3 atom stereocenters.